The standard InChI is InChI=1S/C13H21N3O/c1-3-11(2)16-13(17)7-9-14-10-12-6-4-5-8-15-12/h4-6,8,11,14H,3,7,9-10H2,1-2H3,(H,16,17). The van der Waals surface area contributed by atoms with Crippen molar-refractivity contribution < 1.29 is 4.79 Å². The second-order valence-electron chi connectivity index (χ2n) is 4.12. The first kappa shape index (κ1) is 13.6. The number of nitrogens with one attached hydrogen (secondary N) is 2. The third-order valence-electron chi connectivity index (χ3n) is 2.58. The second-order valence-corrected chi connectivity index (χ2v) is 4.12. The molecule has 0 radical (unpaired) electrons. The topological polar surface area (TPSA) is 54.0 Å². The number of carbonyl (C=O) groups is 1. The van der Waals surface area contributed by atoms with Crippen molar-refractivity contribution in [1.29, 1.82) is 0 Å². The zero-order chi connectivity index (χ0) is 12.5. The molecule has 1 heterocycles. The quantitative estimate of drug-likeness (QED) is 0.704. The van der Waals surface area contributed by atoms with Crippen molar-refractivity contribution >= 4 is 5.91 Å². The summed E-state index contributed by atoms with van der Waals surface area (Å²) in [6.07, 6.45) is 3.25. The lowest BCUT2D eigenvalue weighted by Gasteiger charge is -2.11. The Kier molecular flexibility index (Phi) is 6.25. The number of amides is 1. The number of carbonyl (C=O) groups excluding carboxylic acids is 1. The van der Waals surface area contributed by atoms with Crippen molar-refractivity contribution in [2.24, 2.45) is 0 Å². The van der Waals surface area contributed by atoms with Gasteiger partial charge in [0.2, 0.25) is 5.91 Å². The van der Waals surface area contributed by atoms with Crippen molar-refractivity contribution in [2.75, 3.05) is 6.54 Å². The van der Waals surface area contributed by atoms with Gasteiger partial charge >= 0.3 is 0 Å². The molecule has 1 atom stereocenters. The Labute approximate surface area is 103 Å². The molecule has 0 saturated carbocycles. The summed E-state index contributed by atoms with van der Waals surface area (Å²) in [6, 6.07) is 6.08. The van der Waals surface area contributed by atoms with Crippen LogP contribution in [-0.4, -0.2) is 23.5 Å². The van der Waals surface area contributed by atoms with E-state index < -0.39 is 0 Å². The van der Waals surface area contributed by atoms with E-state index in [-0.39, 0.29) is 11.9 Å². The highest BCUT2D eigenvalue weighted by molar-refractivity contribution is 5.76. The van der Waals surface area contributed by atoms with Crippen molar-refractivity contribution in [3.8, 4) is 0 Å². The largest absolute Gasteiger partial charge is 0.354 e. The van der Waals surface area contributed by atoms with Crippen LogP contribution < -0.4 is 10.6 Å². The summed E-state index contributed by atoms with van der Waals surface area (Å²) in [5.41, 5.74) is 0.995. The van der Waals surface area contributed by atoms with Gasteiger partial charge in [-0.1, -0.05) is 13.0 Å². The van der Waals surface area contributed by atoms with Crippen molar-refractivity contribution in [1.82, 2.24) is 15.6 Å². The molecule has 0 aliphatic carbocycles. The minimum Gasteiger partial charge on any atom is -0.354 e. The fraction of sp³-hybridized carbons (Fsp3) is 0.538. The van der Waals surface area contributed by atoms with Crippen LogP contribution in [-0.2, 0) is 11.3 Å². The van der Waals surface area contributed by atoms with Gasteiger partial charge in [0.25, 0.3) is 0 Å². The van der Waals surface area contributed by atoms with Crippen LogP contribution in [0.3, 0.4) is 0 Å². The summed E-state index contributed by atoms with van der Waals surface area (Å²) < 4.78 is 0. The first-order valence-corrected chi connectivity index (χ1v) is 6.12. The predicted octanol–water partition coefficient (Wildman–Crippen LogP) is 1.48. The Morgan fingerprint density at radius 2 is 2.29 bits per heavy atom. The van der Waals surface area contributed by atoms with Gasteiger partial charge in [0.1, 0.15) is 0 Å². The van der Waals surface area contributed by atoms with E-state index in [0.717, 1.165) is 12.1 Å². The number of aromatic nitrogens is 1. The smallest absolute Gasteiger partial charge is 0.221 e. The van der Waals surface area contributed by atoms with E-state index in [4.69, 9.17) is 0 Å². The Morgan fingerprint density at radius 1 is 1.47 bits per heavy atom. The highest BCUT2D eigenvalue weighted by Gasteiger charge is 2.04. The van der Waals surface area contributed by atoms with E-state index in [1.54, 1.807) is 6.20 Å². The number of hydrogen-bond acceptors (Lipinski definition) is 3. The van der Waals surface area contributed by atoms with Crippen LogP contribution in [0.5, 0.6) is 0 Å². The molecule has 0 spiro atoms. The minimum absolute atomic E-state index is 0.105. The van der Waals surface area contributed by atoms with E-state index in [0.29, 0.717) is 19.5 Å². The molecule has 1 amide bonds. The normalized spacial score (nSPS) is 12.1. The third-order valence-corrected chi connectivity index (χ3v) is 2.58. The Bertz CT molecular complexity index is 327. The summed E-state index contributed by atoms with van der Waals surface area (Å²) in [4.78, 5) is 15.7. The minimum atomic E-state index is 0.105. The molecule has 2 N–H and O–H groups in total. The van der Waals surface area contributed by atoms with Gasteiger partial charge in [0.05, 0.1) is 5.69 Å². The van der Waals surface area contributed by atoms with Crippen LogP contribution in [0.4, 0.5) is 0 Å². The van der Waals surface area contributed by atoms with Gasteiger partial charge < -0.3 is 10.6 Å². The lowest BCUT2D eigenvalue weighted by atomic mass is 10.2. The summed E-state index contributed by atoms with van der Waals surface area (Å²) >= 11 is 0. The molecule has 0 aromatic carbocycles. The number of nitrogens with zero attached hydrogens (tertiary/aromatic N) is 1. The molecule has 0 bridgehead atoms. The molecular formula is C13H21N3O. The van der Waals surface area contributed by atoms with Gasteiger partial charge in [-0.15, -0.1) is 0 Å². The maximum atomic E-state index is 11.5. The lowest BCUT2D eigenvalue weighted by molar-refractivity contribution is -0.121. The molecule has 0 saturated heterocycles. The third kappa shape index (κ3) is 6.02. The average Bonchev–Trinajstić information content (AvgIpc) is 2.36. The molecule has 1 aromatic heterocycles. The summed E-state index contributed by atoms with van der Waals surface area (Å²) in [5, 5.41) is 6.13. The van der Waals surface area contributed by atoms with Crippen LogP contribution in [0, 0.1) is 0 Å². The van der Waals surface area contributed by atoms with E-state index in [1.807, 2.05) is 25.1 Å². The molecule has 0 aliphatic heterocycles. The fourth-order valence-corrected chi connectivity index (χ4v) is 1.37. The van der Waals surface area contributed by atoms with Gasteiger partial charge in [0, 0.05) is 31.7 Å². The molecule has 1 aromatic rings. The molecule has 0 aliphatic rings. The fourth-order valence-electron chi connectivity index (χ4n) is 1.37. The van der Waals surface area contributed by atoms with Crippen LogP contribution >= 0.6 is 0 Å². The van der Waals surface area contributed by atoms with E-state index in [1.165, 1.54) is 0 Å². The first-order chi connectivity index (χ1) is 8.22. The molecule has 4 heteroatoms. The zero-order valence-corrected chi connectivity index (χ0v) is 10.6. The molecule has 17 heavy (non-hydrogen) atoms. The van der Waals surface area contributed by atoms with Crippen LogP contribution in [0.2, 0.25) is 0 Å². The van der Waals surface area contributed by atoms with Crippen LogP contribution in [0.1, 0.15) is 32.4 Å². The monoisotopic (exact) mass is 235 g/mol. The van der Waals surface area contributed by atoms with E-state index in [9.17, 15) is 4.79 Å². The van der Waals surface area contributed by atoms with Gasteiger partial charge in [-0.2, -0.15) is 0 Å². The number of pyridine rings is 1. The highest BCUT2D eigenvalue weighted by Crippen LogP contribution is 1.92. The second kappa shape index (κ2) is 7.79. The molecule has 1 rings (SSSR count). The maximum Gasteiger partial charge on any atom is 0.221 e. The molecule has 4 nitrogen and oxygen atoms in total. The van der Waals surface area contributed by atoms with Crippen molar-refractivity contribution in [3.63, 3.8) is 0 Å². The summed E-state index contributed by atoms with van der Waals surface area (Å²) in [6.45, 7) is 5.46. The van der Waals surface area contributed by atoms with Gasteiger partial charge in [-0.05, 0) is 25.5 Å². The van der Waals surface area contributed by atoms with Crippen molar-refractivity contribution in [3.05, 3.63) is 30.1 Å². The van der Waals surface area contributed by atoms with E-state index in [2.05, 4.69) is 22.5 Å². The van der Waals surface area contributed by atoms with E-state index >= 15 is 0 Å². The van der Waals surface area contributed by atoms with Crippen molar-refractivity contribution in [2.45, 2.75) is 39.3 Å². The van der Waals surface area contributed by atoms with Gasteiger partial charge in [-0.25, -0.2) is 0 Å². The van der Waals surface area contributed by atoms with Gasteiger partial charge in [0.15, 0.2) is 0 Å². The predicted molar refractivity (Wildman–Crippen MR) is 68.5 cm³/mol. The Hall–Kier alpha value is -1.42. The highest BCUT2D eigenvalue weighted by atomic mass is 16.1. The SMILES string of the molecule is CCC(C)NC(=O)CCNCc1ccccn1. The molecular weight excluding hydrogens is 214 g/mol. The summed E-state index contributed by atoms with van der Waals surface area (Å²) in [5.74, 6) is 0.105. The molecule has 94 valence electrons. The maximum absolute atomic E-state index is 11.5. The lowest BCUT2D eigenvalue weighted by Crippen LogP contribution is -2.33. The van der Waals surface area contributed by atoms with Crippen LogP contribution in [0.15, 0.2) is 24.4 Å². The Balaban J connectivity index is 2.10. The Morgan fingerprint density at radius 3 is 2.94 bits per heavy atom. The van der Waals surface area contributed by atoms with Crippen LogP contribution in [0.25, 0.3) is 0 Å². The molecule has 1 unspecified atom stereocenters. The number of rotatable bonds is 7. The summed E-state index contributed by atoms with van der Waals surface area (Å²) in [7, 11) is 0. The van der Waals surface area contributed by atoms with Gasteiger partial charge in [-0.3, -0.25) is 9.78 Å². The average molecular weight is 235 g/mol. The number of hydrogen-bond donors (Lipinski definition) is 2. The molecule has 0 fully saturated rings. The first-order valence-electron chi connectivity index (χ1n) is 6.12. The zero-order valence-electron chi connectivity index (χ0n) is 10.6.